The van der Waals surface area contributed by atoms with E-state index in [-0.39, 0.29) is 18.1 Å². The number of nitro benzene ring substituents is 1. The lowest BCUT2D eigenvalue weighted by molar-refractivity contribution is -0.385. The van der Waals surface area contributed by atoms with Gasteiger partial charge in [0.2, 0.25) is 0 Å². The Hall–Kier alpha value is -1.87. The second-order valence-corrected chi connectivity index (χ2v) is 5.92. The molecular formula is C9H8ClN3O5S. The van der Waals surface area contributed by atoms with Gasteiger partial charge in [0, 0.05) is 18.7 Å². The number of nitrogens with zero attached hydrogens (tertiary/aromatic N) is 2. The van der Waals surface area contributed by atoms with E-state index in [4.69, 9.17) is 11.6 Å². The minimum absolute atomic E-state index is 0.0415. The number of urea groups is 1. The maximum Gasteiger partial charge on any atom is 0.331 e. The van der Waals surface area contributed by atoms with Gasteiger partial charge in [0.15, 0.2) is 0 Å². The van der Waals surface area contributed by atoms with Crippen LogP contribution < -0.4 is 5.32 Å². The van der Waals surface area contributed by atoms with Crippen molar-refractivity contribution in [2.45, 2.75) is 4.90 Å². The van der Waals surface area contributed by atoms with Crippen LogP contribution in [-0.2, 0) is 10.0 Å². The predicted molar refractivity (Wildman–Crippen MR) is 65.4 cm³/mol. The number of halogens is 1. The van der Waals surface area contributed by atoms with Crippen molar-refractivity contribution in [2.24, 2.45) is 0 Å². The molecular weight excluding hydrogens is 298 g/mol. The fourth-order valence-corrected chi connectivity index (χ4v) is 3.45. The third-order valence-corrected chi connectivity index (χ3v) is 4.78. The molecule has 2 amide bonds. The van der Waals surface area contributed by atoms with Crippen LogP contribution >= 0.6 is 11.6 Å². The molecule has 1 fully saturated rings. The van der Waals surface area contributed by atoms with Crippen molar-refractivity contribution in [3.8, 4) is 0 Å². The molecule has 1 aliphatic heterocycles. The Morgan fingerprint density at radius 3 is 2.63 bits per heavy atom. The van der Waals surface area contributed by atoms with E-state index in [2.05, 4.69) is 5.32 Å². The summed E-state index contributed by atoms with van der Waals surface area (Å²) in [5, 5.41) is 12.8. The van der Waals surface area contributed by atoms with Crippen LogP contribution in [0.25, 0.3) is 0 Å². The summed E-state index contributed by atoms with van der Waals surface area (Å²) in [5.74, 6) is 0. The van der Waals surface area contributed by atoms with Gasteiger partial charge in [0.05, 0.1) is 16.5 Å². The van der Waals surface area contributed by atoms with Gasteiger partial charge >= 0.3 is 6.03 Å². The summed E-state index contributed by atoms with van der Waals surface area (Å²) < 4.78 is 25.0. The zero-order chi connectivity index (χ0) is 14.2. The third-order valence-electron chi connectivity index (χ3n) is 2.51. The van der Waals surface area contributed by atoms with Crippen LogP contribution in [0.15, 0.2) is 23.1 Å². The van der Waals surface area contributed by atoms with E-state index >= 15 is 0 Å². The van der Waals surface area contributed by atoms with Crippen LogP contribution in [0, 0.1) is 10.1 Å². The van der Waals surface area contributed by atoms with Gasteiger partial charge in [0.1, 0.15) is 4.90 Å². The van der Waals surface area contributed by atoms with Gasteiger partial charge in [-0.3, -0.25) is 10.1 Å². The average molecular weight is 306 g/mol. The number of hydrogen-bond acceptors (Lipinski definition) is 5. The Bertz CT molecular complexity index is 660. The summed E-state index contributed by atoms with van der Waals surface area (Å²) in [6, 6.07) is 2.26. The fraction of sp³-hybridized carbons (Fsp3) is 0.222. The minimum Gasteiger partial charge on any atom is -0.335 e. The molecule has 19 heavy (non-hydrogen) atoms. The number of carbonyl (C=O) groups is 1. The molecule has 1 N–H and O–H groups in total. The largest absolute Gasteiger partial charge is 0.335 e. The predicted octanol–water partition coefficient (Wildman–Crippen LogP) is 0.962. The van der Waals surface area contributed by atoms with E-state index in [1.54, 1.807) is 0 Å². The second kappa shape index (κ2) is 4.67. The molecule has 1 aliphatic rings. The summed E-state index contributed by atoms with van der Waals surface area (Å²) in [7, 11) is -4.19. The highest BCUT2D eigenvalue weighted by Gasteiger charge is 2.35. The molecule has 102 valence electrons. The number of benzene rings is 1. The van der Waals surface area contributed by atoms with Crippen LogP contribution in [-0.4, -0.2) is 36.8 Å². The number of nitro groups is 1. The third kappa shape index (κ3) is 2.34. The average Bonchev–Trinajstić information content (AvgIpc) is 2.76. The SMILES string of the molecule is O=C1NCCN1S(=O)(=O)c1cc([N+](=O)[O-])ccc1Cl. The molecule has 1 aromatic rings. The normalized spacial score (nSPS) is 15.4. The first-order valence-corrected chi connectivity index (χ1v) is 6.90. The van der Waals surface area contributed by atoms with Crippen molar-refractivity contribution >= 4 is 33.3 Å². The van der Waals surface area contributed by atoms with Gasteiger partial charge < -0.3 is 5.32 Å². The Morgan fingerprint density at radius 2 is 2.11 bits per heavy atom. The summed E-state index contributed by atoms with van der Waals surface area (Å²) in [6.07, 6.45) is 0. The van der Waals surface area contributed by atoms with Gasteiger partial charge in [-0.15, -0.1) is 0 Å². The van der Waals surface area contributed by atoms with Gasteiger partial charge in [-0.25, -0.2) is 17.5 Å². The van der Waals surface area contributed by atoms with Gasteiger partial charge in [0.25, 0.3) is 15.7 Å². The quantitative estimate of drug-likeness (QED) is 0.660. The number of carbonyl (C=O) groups excluding carboxylic acids is 1. The fourth-order valence-electron chi connectivity index (χ4n) is 1.61. The number of hydrogen-bond donors (Lipinski definition) is 1. The summed E-state index contributed by atoms with van der Waals surface area (Å²) in [6.45, 7) is 0.144. The van der Waals surface area contributed by atoms with Crippen LogP contribution in [0.1, 0.15) is 0 Å². The van der Waals surface area contributed by atoms with E-state index in [1.807, 2.05) is 0 Å². The first-order chi connectivity index (χ1) is 8.84. The number of rotatable bonds is 3. The highest BCUT2D eigenvalue weighted by atomic mass is 35.5. The topological polar surface area (TPSA) is 110 Å². The first-order valence-electron chi connectivity index (χ1n) is 5.08. The van der Waals surface area contributed by atoms with Gasteiger partial charge in [-0.1, -0.05) is 11.6 Å². The van der Waals surface area contributed by atoms with Crippen LogP contribution in [0.2, 0.25) is 5.02 Å². The van der Waals surface area contributed by atoms with Crippen LogP contribution in [0.4, 0.5) is 10.5 Å². The maximum absolute atomic E-state index is 12.2. The highest BCUT2D eigenvalue weighted by molar-refractivity contribution is 7.89. The lowest BCUT2D eigenvalue weighted by Gasteiger charge is -2.15. The van der Waals surface area contributed by atoms with E-state index in [0.29, 0.717) is 4.31 Å². The molecule has 1 saturated heterocycles. The van der Waals surface area contributed by atoms with Crippen molar-refractivity contribution in [2.75, 3.05) is 13.1 Å². The summed E-state index contributed by atoms with van der Waals surface area (Å²) >= 11 is 5.75. The zero-order valence-electron chi connectivity index (χ0n) is 9.37. The maximum atomic E-state index is 12.2. The lowest BCUT2D eigenvalue weighted by atomic mass is 10.3. The Morgan fingerprint density at radius 1 is 1.42 bits per heavy atom. The molecule has 0 aliphatic carbocycles. The van der Waals surface area contributed by atoms with E-state index in [9.17, 15) is 23.3 Å². The monoisotopic (exact) mass is 305 g/mol. The van der Waals surface area contributed by atoms with Gasteiger partial charge in [-0.2, -0.15) is 0 Å². The summed E-state index contributed by atoms with van der Waals surface area (Å²) in [4.78, 5) is 20.8. The first kappa shape index (κ1) is 13.6. The van der Waals surface area contributed by atoms with E-state index in [0.717, 1.165) is 18.2 Å². The molecule has 10 heteroatoms. The molecule has 1 heterocycles. The van der Waals surface area contributed by atoms with Crippen molar-refractivity contribution in [3.63, 3.8) is 0 Å². The standard InChI is InChI=1S/C9H8ClN3O5S/c10-7-2-1-6(13(15)16)5-8(7)19(17,18)12-4-3-11-9(12)14/h1-2,5H,3-4H2,(H,11,14). The molecule has 8 nitrogen and oxygen atoms in total. The molecule has 0 atom stereocenters. The second-order valence-electron chi connectivity index (χ2n) is 3.68. The van der Waals surface area contributed by atoms with Crippen molar-refractivity contribution in [1.29, 1.82) is 0 Å². The number of non-ortho nitro benzene ring substituents is 1. The van der Waals surface area contributed by atoms with Crippen molar-refractivity contribution in [3.05, 3.63) is 33.3 Å². The Balaban J connectivity index is 2.54. The van der Waals surface area contributed by atoms with E-state index < -0.39 is 31.6 Å². The molecule has 0 spiro atoms. The number of sulfonamides is 1. The molecule has 0 radical (unpaired) electrons. The Labute approximate surface area is 113 Å². The van der Waals surface area contributed by atoms with E-state index in [1.165, 1.54) is 0 Å². The lowest BCUT2D eigenvalue weighted by Crippen LogP contribution is -2.34. The summed E-state index contributed by atoms with van der Waals surface area (Å²) in [5.41, 5.74) is -0.414. The molecule has 0 unspecified atom stereocenters. The highest BCUT2D eigenvalue weighted by Crippen LogP contribution is 2.29. The molecule has 1 aromatic carbocycles. The number of nitrogens with one attached hydrogen (secondary N) is 1. The molecule has 2 rings (SSSR count). The molecule has 0 saturated carbocycles. The molecule has 0 aromatic heterocycles. The van der Waals surface area contributed by atoms with Crippen molar-refractivity contribution in [1.82, 2.24) is 9.62 Å². The smallest absolute Gasteiger partial charge is 0.331 e. The van der Waals surface area contributed by atoms with Gasteiger partial charge in [-0.05, 0) is 6.07 Å². The minimum atomic E-state index is -4.19. The molecule has 0 bridgehead atoms. The van der Waals surface area contributed by atoms with Crippen LogP contribution in [0.5, 0.6) is 0 Å². The Kier molecular flexibility index (Phi) is 3.33. The number of amides is 2. The van der Waals surface area contributed by atoms with Crippen LogP contribution in [0.3, 0.4) is 0 Å². The van der Waals surface area contributed by atoms with Crippen molar-refractivity contribution < 1.29 is 18.1 Å². The zero-order valence-corrected chi connectivity index (χ0v) is 10.9.